The number of halogens is 1. The summed E-state index contributed by atoms with van der Waals surface area (Å²) in [6.07, 6.45) is 3.08. The van der Waals surface area contributed by atoms with E-state index in [1.54, 1.807) is 31.4 Å². The molecule has 0 aliphatic heterocycles. The standard InChI is InChI=1S/C19H18BrNO3/c1-3-21-17-10-7-14(20)12-16(19(17)23)18(22)11-6-13-4-8-15(24-2)9-5-13/h4-12H,3H2,1-2H3,(H,21,23)/b11-6-. The average Bonchev–Trinajstić information content (AvgIpc) is 2.74. The maximum Gasteiger partial charge on any atom is 0.212 e. The molecule has 5 heteroatoms. The minimum absolute atomic E-state index is 0.118. The first kappa shape index (κ1) is 17.9. The van der Waals surface area contributed by atoms with Gasteiger partial charge in [0.2, 0.25) is 5.43 Å². The fourth-order valence-corrected chi connectivity index (χ4v) is 2.49. The van der Waals surface area contributed by atoms with E-state index < -0.39 is 0 Å². The summed E-state index contributed by atoms with van der Waals surface area (Å²) in [5.74, 6) is 0.404. The van der Waals surface area contributed by atoms with Crippen LogP contribution in [0.25, 0.3) is 6.08 Å². The van der Waals surface area contributed by atoms with E-state index in [0.29, 0.717) is 16.7 Å². The highest BCUT2D eigenvalue weighted by atomic mass is 79.9. The second-order valence-electron chi connectivity index (χ2n) is 5.02. The van der Waals surface area contributed by atoms with Crippen LogP contribution in [0.1, 0.15) is 22.8 Å². The zero-order chi connectivity index (χ0) is 17.5. The van der Waals surface area contributed by atoms with E-state index >= 15 is 0 Å². The number of ether oxygens (including phenoxy) is 1. The number of anilines is 1. The first-order valence-electron chi connectivity index (χ1n) is 7.49. The summed E-state index contributed by atoms with van der Waals surface area (Å²) < 4.78 is 5.77. The lowest BCUT2D eigenvalue weighted by atomic mass is 10.1. The van der Waals surface area contributed by atoms with Crippen molar-refractivity contribution in [2.75, 3.05) is 19.0 Å². The SMILES string of the molecule is CCNc1ccc(Br)cc(C(=O)/C=C\c2ccc(OC)cc2)c1=O. The molecular formula is C19H18BrNO3. The smallest absolute Gasteiger partial charge is 0.212 e. The van der Waals surface area contributed by atoms with Gasteiger partial charge in [0, 0.05) is 11.0 Å². The Balaban J connectivity index is 2.33. The lowest BCUT2D eigenvalue weighted by Gasteiger charge is -2.00. The molecule has 2 aromatic rings. The quantitative estimate of drug-likeness (QED) is 0.597. The van der Waals surface area contributed by atoms with Crippen molar-refractivity contribution < 1.29 is 9.53 Å². The van der Waals surface area contributed by atoms with Crippen molar-refractivity contribution >= 4 is 33.5 Å². The Morgan fingerprint density at radius 2 is 1.92 bits per heavy atom. The first-order chi connectivity index (χ1) is 11.5. The average molecular weight is 388 g/mol. The van der Waals surface area contributed by atoms with Crippen LogP contribution < -0.4 is 15.5 Å². The van der Waals surface area contributed by atoms with Crippen LogP contribution in [-0.4, -0.2) is 19.4 Å². The molecule has 0 saturated heterocycles. The molecule has 0 atom stereocenters. The molecular weight excluding hydrogens is 370 g/mol. The molecule has 0 aromatic heterocycles. The van der Waals surface area contributed by atoms with Crippen molar-refractivity contribution in [2.45, 2.75) is 6.92 Å². The molecule has 2 aromatic carbocycles. The van der Waals surface area contributed by atoms with Gasteiger partial charge in [-0.2, -0.15) is 0 Å². The summed E-state index contributed by atoms with van der Waals surface area (Å²) in [6.45, 7) is 2.50. The number of carbonyl (C=O) groups is 1. The predicted octanol–water partition coefficient (Wildman–Crippen LogP) is 4.15. The molecule has 0 bridgehead atoms. The van der Waals surface area contributed by atoms with E-state index in [0.717, 1.165) is 11.3 Å². The van der Waals surface area contributed by atoms with Gasteiger partial charge in [0.25, 0.3) is 0 Å². The monoisotopic (exact) mass is 387 g/mol. The maximum atomic E-state index is 12.5. The van der Waals surface area contributed by atoms with Gasteiger partial charge in [-0.1, -0.05) is 34.1 Å². The van der Waals surface area contributed by atoms with E-state index in [4.69, 9.17) is 4.74 Å². The topological polar surface area (TPSA) is 55.4 Å². The third kappa shape index (κ3) is 4.55. The molecule has 124 valence electrons. The van der Waals surface area contributed by atoms with E-state index in [2.05, 4.69) is 21.2 Å². The number of ketones is 1. The summed E-state index contributed by atoms with van der Waals surface area (Å²) >= 11 is 3.33. The molecule has 0 aliphatic carbocycles. The summed E-state index contributed by atoms with van der Waals surface area (Å²) in [5, 5.41) is 2.98. The Morgan fingerprint density at radius 1 is 1.21 bits per heavy atom. The van der Waals surface area contributed by atoms with E-state index in [1.807, 2.05) is 31.2 Å². The number of carbonyl (C=O) groups excluding carboxylic acids is 1. The van der Waals surface area contributed by atoms with Gasteiger partial charge in [-0.05, 0) is 48.9 Å². The van der Waals surface area contributed by atoms with Gasteiger partial charge in [0.15, 0.2) is 5.78 Å². The van der Waals surface area contributed by atoms with Gasteiger partial charge in [-0.3, -0.25) is 9.59 Å². The zero-order valence-corrected chi connectivity index (χ0v) is 15.1. The molecule has 4 nitrogen and oxygen atoms in total. The van der Waals surface area contributed by atoms with Crippen molar-refractivity contribution in [2.24, 2.45) is 0 Å². The Labute approximate surface area is 149 Å². The fourth-order valence-electron chi connectivity index (χ4n) is 2.12. The minimum Gasteiger partial charge on any atom is -0.497 e. The Morgan fingerprint density at radius 3 is 2.54 bits per heavy atom. The molecule has 0 saturated carbocycles. The predicted molar refractivity (Wildman–Crippen MR) is 101 cm³/mol. The van der Waals surface area contributed by atoms with Crippen LogP contribution in [0, 0.1) is 0 Å². The lowest BCUT2D eigenvalue weighted by Crippen LogP contribution is -2.15. The zero-order valence-electron chi connectivity index (χ0n) is 13.5. The summed E-state index contributed by atoms with van der Waals surface area (Å²) in [7, 11) is 1.60. The largest absolute Gasteiger partial charge is 0.497 e. The summed E-state index contributed by atoms with van der Waals surface area (Å²) in [6, 6.07) is 12.3. The third-order valence-corrected chi connectivity index (χ3v) is 3.85. The van der Waals surface area contributed by atoms with Crippen LogP contribution in [-0.2, 0) is 0 Å². The molecule has 0 unspecified atom stereocenters. The number of benzene rings is 1. The van der Waals surface area contributed by atoms with Crippen molar-refractivity contribution in [1.82, 2.24) is 0 Å². The number of rotatable bonds is 6. The molecule has 0 fully saturated rings. The van der Waals surface area contributed by atoms with Gasteiger partial charge in [0.1, 0.15) is 5.75 Å². The normalized spacial score (nSPS) is 10.6. The van der Waals surface area contributed by atoms with Gasteiger partial charge in [-0.25, -0.2) is 0 Å². The number of nitrogens with one attached hydrogen (secondary N) is 1. The molecule has 24 heavy (non-hydrogen) atoms. The molecule has 2 rings (SSSR count). The van der Waals surface area contributed by atoms with Gasteiger partial charge in [-0.15, -0.1) is 0 Å². The summed E-state index contributed by atoms with van der Waals surface area (Å²) in [5.41, 5.74) is 1.06. The van der Waals surface area contributed by atoms with Gasteiger partial charge in [0.05, 0.1) is 18.4 Å². The number of hydrogen-bond donors (Lipinski definition) is 1. The van der Waals surface area contributed by atoms with E-state index in [1.165, 1.54) is 6.08 Å². The van der Waals surface area contributed by atoms with Crippen molar-refractivity contribution in [3.05, 3.63) is 74.4 Å². The second-order valence-corrected chi connectivity index (χ2v) is 5.94. The van der Waals surface area contributed by atoms with Gasteiger partial charge < -0.3 is 10.1 Å². The number of hydrogen-bond acceptors (Lipinski definition) is 4. The van der Waals surface area contributed by atoms with E-state index in [9.17, 15) is 9.59 Å². The molecule has 0 amide bonds. The van der Waals surface area contributed by atoms with Crippen LogP contribution in [0.15, 0.2) is 57.8 Å². The Bertz CT molecular complexity index is 814. The molecule has 0 spiro atoms. The highest BCUT2D eigenvalue weighted by molar-refractivity contribution is 9.10. The van der Waals surface area contributed by atoms with Crippen LogP contribution in [0.4, 0.5) is 5.69 Å². The van der Waals surface area contributed by atoms with Crippen molar-refractivity contribution in [1.29, 1.82) is 0 Å². The fraction of sp³-hybridized carbons (Fsp3) is 0.158. The maximum absolute atomic E-state index is 12.5. The Kier molecular flexibility index (Phi) is 6.32. The first-order valence-corrected chi connectivity index (χ1v) is 8.28. The Hall–Kier alpha value is -2.40. The highest BCUT2D eigenvalue weighted by Gasteiger charge is 2.10. The lowest BCUT2D eigenvalue weighted by molar-refractivity contribution is 0.104. The van der Waals surface area contributed by atoms with Crippen LogP contribution >= 0.6 is 15.9 Å². The molecule has 0 aliphatic rings. The molecule has 0 radical (unpaired) electrons. The number of methoxy groups -OCH3 is 1. The second kappa shape index (κ2) is 8.45. The van der Waals surface area contributed by atoms with Crippen LogP contribution in [0.2, 0.25) is 0 Å². The third-order valence-electron chi connectivity index (χ3n) is 3.36. The molecule has 0 heterocycles. The highest BCUT2D eigenvalue weighted by Crippen LogP contribution is 2.14. The van der Waals surface area contributed by atoms with Gasteiger partial charge >= 0.3 is 0 Å². The summed E-state index contributed by atoms with van der Waals surface area (Å²) in [4.78, 5) is 24.9. The molecule has 1 N–H and O–H groups in total. The van der Waals surface area contributed by atoms with Crippen LogP contribution in [0.3, 0.4) is 0 Å². The number of allylic oxidation sites excluding steroid dienone is 1. The minimum atomic E-state index is -0.341. The van der Waals surface area contributed by atoms with Crippen molar-refractivity contribution in [3.63, 3.8) is 0 Å². The van der Waals surface area contributed by atoms with Crippen molar-refractivity contribution in [3.8, 4) is 5.75 Å². The van der Waals surface area contributed by atoms with E-state index in [-0.39, 0.29) is 16.8 Å². The van der Waals surface area contributed by atoms with Crippen LogP contribution in [0.5, 0.6) is 5.75 Å².